The smallest absolute Gasteiger partial charge is 0.335 e. The molecule has 3 rings (SSSR count). The summed E-state index contributed by atoms with van der Waals surface area (Å²) in [5.41, 5.74) is 2.39. The molecule has 1 heterocycles. The number of ether oxygens (including phenoxy) is 1. The molecule has 1 saturated heterocycles. The average Bonchev–Trinajstić information content (AvgIpc) is 2.72. The van der Waals surface area contributed by atoms with Crippen LogP contribution in [0.1, 0.15) is 46.7 Å². The lowest BCUT2D eigenvalue weighted by Gasteiger charge is -2.33. The molecule has 2 aromatic carbocycles. The molecule has 5 heteroatoms. The highest BCUT2D eigenvalue weighted by atomic mass is 16.5. The van der Waals surface area contributed by atoms with E-state index in [9.17, 15) is 14.7 Å². The second-order valence-electron chi connectivity index (χ2n) is 6.96. The fourth-order valence-corrected chi connectivity index (χ4v) is 3.64. The van der Waals surface area contributed by atoms with E-state index in [-0.39, 0.29) is 11.8 Å². The Kier molecular flexibility index (Phi) is 6.12. The zero-order valence-corrected chi connectivity index (χ0v) is 15.6. The molecule has 1 amide bonds. The molecule has 1 aliphatic heterocycles. The topological polar surface area (TPSA) is 66.8 Å². The SMILES string of the molecule is COc1cccc(CCC(=O)N2CCC[C@@H](c3cccc(C(=O)O)c3)C2)c1. The van der Waals surface area contributed by atoms with Crippen molar-refractivity contribution < 1.29 is 19.4 Å². The molecule has 0 aliphatic carbocycles. The molecule has 2 aromatic rings. The van der Waals surface area contributed by atoms with Gasteiger partial charge in [-0.3, -0.25) is 4.79 Å². The fourth-order valence-electron chi connectivity index (χ4n) is 3.64. The third-order valence-corrected chi connectivity index (χ3v) is 5.14. The summed E-state index contributed by atoms with van der Waals surface area (Å²) in [5.74, 6) is 0.228. The van der Waals surface area contributed by atoms with Gasteiger partial charge in [-0.05, 0) is 54.7 Å². The first-order valence-corrected chi connectivity index (χ1v) is 9.31. The minimum Gasteiger partial charge on any atom is -0.497 e. The molecular weight excluding hydrogens is 342 g/mol. The number of benzene rings is 2. The largest absolute Gasteiger partial charge is 0.497 e. The number of carbonyl (C=O) groups is 2. The number of amides is 1. The summed E-state index contributed by atoms with van der Waals surface area (Å²) in [6, 6.07) is 14.9. The van der Waals surface area contributed by atoms with Crippen LogP contribution in [-0.2, 0) is 11.2 Å². The van der Waals surface area contributed by atoms with E-state index in [0.717, 1.165) is 36.3 Å². The van der Waals surface area contributed by atoms with Crippen LogP contribution in [0, 0.1) is 0 Å². The van der Waals surface area contributed by atoms with Gasteiger partial charge in [-0.1, -0.05) is 24.3 Å². The maximum atomic E-state index is 12.7. The van der Waals surface area contributed by atoms with Crippen molar-refractivity contribution in [2.45, 2.75) is 31.6 Å². The van der Waals surface area contributed by atoms with Gasteiger partial charge in [0, 0.05) is 25.4 Å². The third-order valence-electron chi connectivity index (χ3n) is 5.14. The molecule has 5 nitrogen and oxygen atoms in total. The number of methoxy groups -OCH3 is 1. The summed E-state index contributed by atoms with van der Waals surface area (Å²) >= 11 is 0. The normalized spacial score (nSPS) is 16.8. The average molecular weight is 367 g/mol. The van der Waals surface area contributed by atoms with Gasteiger partial charge in [0.2, 0.25) is 5.91 Å². The van der Waals surface area contributed by atoms with Crippen molar-refractivity contribution in [2.75, 3.05) is 20.2 Å². The van der Waals surface area contributed by atoms with Crippen molar-refractivity contribution in [3.05, 3.63) is 65.2 Å². The van der Waals surface area contributed by atoms with Gasteiger partial charge in [0.25, 0.3) is 0 Å². The van der Waals surface area contributed by atoms with Gasteiger partial charge in [-0.25, -0.2) is 4.79 Å². The summed E-state index contributed by atoms with van der Waals surface area (Å²) in [6.07, 6.45) is 3.07. The van der Waals surface area contributed by atoms with E-state index >= 15 is 0 Å². The van der Waals surface area contributed by atoms with Crippen molar-refractivity contribution in [3.63, 3.8) is 0 Å². The Hall–Kier alpha value is -2.82. The highest BCUT2D eigenvalue weighted by molar-refractivity contribution is 5.87. The van der Waals surface area contributed by atoms with Gasteiger partial charge >= 0.3 is 5.97 Å². The van der Waals surface area contributed by atoms with Crippen LogP contribution in [0.4, 0.5) is 0 Å². The van der Waals surface area contributed by atoms with Crippen molar-refractivity contribution in [1.29, 1.82) is 0 Å². The highest BCUT2D eigenvalue weighted by Crippen LogP contribution is 2.28. The Balaban J connectivity index is 1.61. The minimum absolute atomic E-state index is 0.150. The van der Waals surface area contributed by atoms with E-state index in [0.29, 0.717) is 24.9 Å². The maximum Gasteiger partial charge on any atom is 0.335 e. The highest BCUT2D eigenvalue weighted by Gasteiger charge is 2.25. The number of carboxylic acids is 1. The molecule has 1 aliphatic rings. The van der Waals surface area contributed by atoms with Crippen molar-refractivity contribution in [1.82, 2.24) is 4.90 Å². The zero-order valence-electron chi connectivity index (χ0n) is 15.6. The van der Waals surface area contributed by atoms with Crippen LogP contribution in [-0.4, -0.2) is 42.1 Å². The van der Waals surface area contributed by atoms with Crippen molar-refractivity contribution in [2.24, 2.45) is 0 Å². The lowest BCUT2D eigenvalue weighted by Crippen LogP contribution is -2.39. The molecule has 0 aromatic heterocycles. The summed E-state index contributed by atoms with van der Waals surface area (Å²) < 4.78 is 5.23. The molecule has 142 valence electrons. The Morgan fingerprint density at radius 3 is 2.78 bits per heavy atom. The third kappa shape index (κ3) is 4.88. The van der Waals surface area contributed by atoms with Crippen LogP contribution >= 0.6 is 0 Å². The summed E-state index contributed by atoms with van der Waals surface area (Å²) in [6.45, 7) is 1.42. The standard InChI is InChI=1S/C22H25NO4/c1-27-20-9-2-5-16(13-20)10-11-21(24)23-12-4-8-19(15-23)17-6-3-7-18(14-17)22(25)26/h2-3,5-7,9,13-14,19H,4,8,10-12,15H2,1H3,(H,25,26)/t19-/m1/s1. The second kappa shape index (κ2) is 8.71. The van der Waals surface area contributed by atoms with Crippen LogP contribution in [0.2, 0.25) is 0 Å². The number of nitrogens with zero attached hydrogens (tertiary/aromatic N) is 1. The summed E-state index contributed by atoms with van der Waals surface area (Å²) in [7, 11) is 1.64. The Morgan fingerprint density at radius 1 is 1.19 bits per heavy atom. The predicted molar refractivity (Wildman–Crippen MR) is 103 cm³/mol. The van der Waals surface area contributed by atoms with Gasteiger partial charge in [-0.15, -0.1) is 0 Å². The number of aromatic carboxylic acids is 1. The van der Waals surface area contributed by atoms with Crippen LogP contribution in [0.3, 0.4) is 0 Å². The van der Waals surface area contributed by atoms with E-state index in [1.165, 1.54) is 0 Å². The van der Waals surface area contributed by atoms with E-state index in [2.05, 4.69) is 0 Å². The van der Waals surface area contributed by atoms with Gasteiger partial charge < -0.3 is 14.7 Å². The Morgan fingerprint density at radius 2 is 2.00 bits per heavy atom. The Bertz CT molecular complexity index is 817. The number of likely N-dealkylation sites (tertiary alicyclic amines) is 1. The van der Waals surface area contributed by atoms with Gasteiger partial charge in [0.1, 0.15) is 5.75 Å². The van der Waals surface area contributed by atoms with Gasteiger partial charge in [0.05, 0.1) is 12.7 Å². The van der Waals surface area contributed by atoms with Crippen molar-refractivity contribution in [3.8, 4) is 5.75 Å². The number of aryl methyl sites for hydroxylation is 1. The molecule has 0 saturated carbocycles. The number of rotatable bonds is 6. The van der Waals surface area contributed by atoms with Crippen molar-refractivity contribution >= 4 is 11.9 Å². The monoisotopic (exact) mass is 367 g/mol. The number of carboxylic acid groups (broad SMARTS) is 1. The van der Waals surface area contributed by atoms with Crippen LogP contribution in [0.5, 0.6) is 5.75 Å². The quantitative estimate of drug-likeness (QED) is 0.845. The van der Waals surface area contributed by atoms with Gasteiger partial charge in [-0.2, -0.15) is 0 Å². The summed E-state index contributed by atoms with van der Waals surface area (Å²) in [5, 5.41) is 9.19. The van der Waals surface area contributed by atoms with Crippen LogP contribution in [0.25, 0.3) is 0 Å². The van der Waals surface area contributed by atoms with E-state index in [4.69, 9.17) is 4.74 Å². The zero-order chi connectivity index (χ0) is 19.2. The second-order valence-corrected chi connectivity index (χ2v) is 6.96. The lowest BCUT2D eigenvalue weighted by molar-refractivity contribution is -0.132. The van der Waals surface area contributed by atoms with Crippen LogP contribution in [0.15, 0.2) is 48.5 Å². The molecule has 0 spiro atoms. The van der Waals surface area contributed by atoms with Crippen LogP contribution < -0.4 is 4.74 Å². The van der Waals surface area contributed by atoms with E-state index in [1.807, 2.05) is 35.2 Å². The molecule has 0 unspecified atom stereocenters. The molecular formula is C22H25NO4. The molecule has 27 heavy (non-hydrogen) atoms. The predicted octanol–water partition coefficient (Wildman–Crippen LogP) is 3.73. The maximum absolute atomic E-state index is 12.7. The van der Waals surface area contributed by atoms with E-state index < -0.39 is 5.97 Å². The molecule has 0 radical (unpaired) electrons. The molecule has 0 bridgehead atoms. The fraction of sp³-hybridized carbons (Fsp3) is 0.364. The molecule has 1 atom stereocenters. The number of hydrogen-bond acceptors (Lipinski definition) is 3. The van der Waals surface area contributed by atoms with Gasteiger partial charge in [0.15, 0.2) is 0 Å². The summed E-state index contributed by atoms with van der Waals surface area (Å²) in [4.78, 5) is 25.8. The first-order valence-electron chi connectivity index (χ1n) is 9.31. The number of carbonyl (C=O) groups excluding carboxylic acids is 1. The first kappa shape index (κ1) is 19.0. The van der Waals surface area contributed by atoms with E-state index in [1.54, 1.807) is 25.3 Å². The molecule has 1 N–H and O–H groups in total. The Labute approximate surface area is 159 Å². The lowest BCUT2D eigenvalue weighted by atomic mass is 9.89. The number of hydrogen-bond donors (Lipinski definition) is 1. The minimum atomic E-state index is -0.918. The number of piperidine rings is 1. The molecule has 1 fully saturated rings. The first-order chi connectivity index (χ1) is 13.1.